The first-order valence-corrected chi connectivity index (χ1v) is 8.69. The fraction of sp³-hybridized carbons (Fsp3) is 0.611. The van der Waals surface area contributed by atoms with Gasteiger partial charge in [0.1, 0.15) is 0 Å². The second-order valence-electron chi connectivity index (χ2n) is 6.88. The van der Waals surface area contributed by atoms with Gasteiger partial charge in [0.25, 0.3) is 0 Å². The topological polar surface area (TPSA) is 64.6 Å². The second-order valence-corrected chi connectivity index (χ2v) is 6.88. The molecule has 1 saturated carbocycles. The first kappa shape index (κ1) is 16.3. The number of aliphatic hydroxyl groups is 1. The Balaban J connectivity index is 1.57. The molecule has 0 bridgehead atoms. The molecule has 1 aliphatic heterocycles. The number of amides is 2. The van der Waals surface area contributed by atoms with Crippen LogP contribution in [-0.2, 0) is 0 Å². The van der Waals surface area contributed by atoms with Gasteiger partial charge in [-0.1, -0.05) is 30.3 Å². The van der Waals surface area contributed by atoms with Gasteiger partial charge < -0.3 is 20.6 Å². The van der Waals surface area contributed by atoms with Gasteiger partial charge >= 0.3 is 6.03 Å². The van der Waals surface area contributed by atoms with E-state index in [4.69, 9.17) is 0 Å². The Morgan fingerprint density at radius 1 is 1.17 bits per heavy atom. The maximum atomic E-state index is 12.2. The number of hydrogen-bond donors (Lipinski definition) is 3. The van der Waals surface area contributed by atoms with Crippen LogP contribution in [0.2, 0.25) is 0 Å². The summed E-state index contributed by atoms with van der Waals surface area (Å²) in [5, 5.41) is 16.0. The molecule has 23 heavy (non-hydrogen) atoms. The van der Waals surface area contributed by atoms with Gasteiger partial charge in [0.2, 0.25) is 0 Å². The minimum Gasteiger partial charge on any atom is -0.388 e. The highest BCUT2D eigenvalue weighted by Gasteiger charge is 2.34. The summed E-state index contributed by atoms with van der Waals surface area (Å²) in [6.07, 6.45) is 5.08. The predicted molar refractivity (Wildman–Crippen MR) is 90.2 cm³/mol. The standard InChI is InChI=1S/C18H27N3O2/c22-17(19-14-18(23)9-6-10-18)20-16(13-21-11-4-5-12-21)15-7-2-1-3-8-15/h1-3,7-8,16,23H,4-6,9-14H2,(H2,19,20,22). The normalized spacial score (nSPS) is 21.4. The molecule has 3 rings (SSSR count). The van der Waals surface area contributed by atoms with Crippen molar-refractivity contribution in [1.82, 2.24) is 15.5 Å². The summed E-state index contributed by atoms with van der Waals surface area (Å²) < 4.78 is 0. The lowest BCUT2D eigenvalue weighted by atomic mass is 9.80. The third kappa shape index (κ3) is 4.45. The van der Waals surface area contributed by atoms with Crippen molar-refractivity contribution < 1.29 is 9.90 Å². The van der Waals surface area contributed by atoms with E-state index in [1.807, 2.05) is 18.2 Å². The molecule has 1 unspecified atom stereocenters. The quantitative estimate of drug-likeness (QED) is 0.752. The van der Waals surface area contributed by atoms with Gasteiger partial charge in [0, 0.05) is 13.1 Å². The highest BCUT2D eigenvalue weighted by molar-refractivity contribution is 5.74. The number of urea groups is 1. The SMILES string of the molecule is O=C(NCC1(O)CCC1)NC(CN1CCCC1)c1ccccc1. The van der Waals surface area contributed by atoms with E-state index in [1.165, 1.54) is 12.8 Å². The molecule has 1 aromatic rings. The molecule has 2 amide bonds. The number of nitrogens with zero attached hydrogens (tertiary/aromatic N) is 1. The van der Waals surface area contributed by atoms with Crippen molar-refractivity contribution in [1.29, 1.82) is 0 Å². The van der Waals surface area contributed by atoms with Gasteiger partial charge in [0.05, 0.1) is 11.6 Å². The lowest BCUT2D eigenvalue weighted by Gasteiger charge is -2.36. The Morgan fingerprint density at radius 2 is 1.87 bits per heavy atom. The van der Waals surface area contributed by atoms with Gasteiger partial charge in [-0.25, -0.2) is 4.79 Å². The van der Waals surface area contributed by atoms with Crippen molar-refractivity contribution in [3.05, 3.63) is 35.9 Å². The fourth-order valence-electron chi connectivity index (χ4n) is 3.36. The van der Waals surface area contributed by atoms with Gasteiger partial charge in [-0.2, -0.15) is 0 Å². The van der Waals surface area contributed by atoms with Crippen LogP contribution in [0, 0.1) is 0 Å². The minimum absolute atomic E-state index is 0.0228. The van der Waals surface area contributed by atoms with Gasteiger partial charge in [0.15, 0.2) is 0 Å². The fourth-order valence-corrected chi connectivity index (χ4v) is 3.36. The second kappa shape index (κ2) is 7.32. The molecule has 2 fully saturated rings. The van der Waals surface area contributed by atoms with E-state index >= 15 is 0 Å². The summed E-state index contributed by atoms with van der Waals surface area (Å²) in [5.41, 5.74) is 0.436. The smallest absolute Gasteiger partial charge is 0.315 e. The molecule has 0 spiro atoms. The van der Waals surface area contributed by atoms with E-state index in [-0.39, 0.29) is 12.1 Å². The molecule has 3 N–H and O–H groups in total. The highest BCUT2D eigenvalue weighted by atomic mass is 16.3. The predicted octanol–water partition coefficient (Wildman–Crippen LogP) is 2.04. The first-order valence-electron chi connectivity index (χ1n) is 8.69. The molecule has 0 radical (unpaired) electrons. The molecule has 1 aliphatic carbocycles. The van der Waals surface area contributed by atoms with Gasteiger partial charge in [-0.15, -0.1) is 0 Å². The minimum atomic E-state index is -0.686. The van der Waals surface area contributed by atoms with Crippen LogP contribution in [0.4, 0.5) is 4.79 Å². The molecule has 0 aromatic heterocycles. The van der Waals surface area contributed by atoms with Crippen LogP contribution in [0.3, 0.4) is 0 Å². The Labute approximate surface area is 138 Å². The zero-order valence-corrected chi connectivity index (χ0v) is 13.6. The van der Waals surface area contributed by atoms with E-state index in [9.17, 15) is 9.90 Å². The molecule has 1 atom stereocenters. The highest BCUT2D eigenvalue weighted by Crippen LogP contribution is 2.30. The monoisotopic (exact) mass is 317 g/mol. The Kier molecular flexibility index (Phi) is 5.18. The third-order valence-electron chi connectivity index (χ3n) is 5.01. The van der Waals surface area contributed by atoms with Crippen molar-refractivity contribution in [2.45, 2.75) is 43.7 Å². The van der Waals surface area contributed by atoms with Crippen LogP contribution in [-0.4, -0.2) is 47.8 Å². The molecule has 1 aromatic carbocycles. The molecule has 126 valence electrons. The van der Waals surface area contributed by atoms with Crippen LogP contribution < -0.4 is 10.6 Å². The number of likely N-dealkylation sites (tertiary alicyclic amines) is 1. The lowest BCUT2D eigenvalue weighted by Crippen LogP contribution is -2.51. The Bertz CT molecular complexity index is 510. The van der Waals surface area contributed by atoms with Gasteiger partial charge in [-0.3, -0.25) is 0 Å². The number of carbonyl (C=O) groups excluding carboxylic acids is 1. The Morgan fingerprint density at radius 3 is 2.48 bits per heavy atom. The van der Waals surface area contributed by atoms with Crippen LogP contribution in [0.15, 0.2) is 30.3 Å². The first-order chi connectivity index (χ1) is 11.1. The van der Waals surface area contributed by atoms with E-state index in [2.05, 4.69) is 27.7 Å². The van der Waals surface area contributed by atoms with E-state index in [0.29, 0.717) is 6.54 Å². The largest absolute Gasteiger partial charge is 0.388 e. The maximum absolute atomic E-state index is 12.2. The van der Waals surface area contributed by atoms with Crippen molar-refractivity contribution in [3.63, 3.8) is 0 Å². The number of benzene rings is 1. The summed E-state index contributed by atoms with van der Waals surface area (Å²) >= 11 is 0. The number of rotatable bonds is 6. The number of carbonyl (C=O) groups is 1. The van der Waals surface area contributed by atoms with E-state index in [1.54, 1.807) is 0 Å². The molecule has 1 heterocycles. The maximum Gasteiger partial charge on any atom is 0.315 e. The summed E-state index contributed by atoms with van der Waals surface area (Å²) in [6.45, 7) is 3.38. The van der Waals surface area contributed by atoms with Crippen LogP contribution >= 0.6 is 0 Å². The van der Waals surface area contributed by atoms with Crippen molar-refractivity contribution in [3.8, 4) is 0 Å². The van der Waals surface area contributed by atoms with E-state index < -0.39 is 5.60 Å². The average molecular weight is 317 g/mol. The summed E-state index contributed by atoms with van der Waals surface area (Å²) in [6, 6.07) is 9.89. The summed E-state index contributed by atoms with van der Waals surface area (Å²) in [4.78, 5) is 14.6. The molecular weight excluding hydrogens is 290 g/mol. The summed E-state index contributed by atoms with van der Waals surface area (Å²) in [5.74, 6) is 0. The summed E-state index contributed by atoms with van der Waals surface area (Å²) in [7, 11) is 0. The van der Waals surface area contributed by atoms with Crippen LogP contribution in [0.25, 0.3) is 0 Å². The molecule has 2 aliphatic rings. The van der Waals surface area contributed by atoms with Crippen LogP contribution in [0.1, 0.15) is 43.7 Å². The third-order valence-corrected chi connectivity index (χ3v) is 5.01. The number of nitrogens with one attached hydrogen (secondary N) is 2. The lowest BCUT2D eigenvalue weighted by molar-refractivity contribution is -0.0290. The van der Waals surface area contributed by atoms with Crippen molar-refractivity contribution >= 4 is 6.03 Å². The van der Waals surface area contributed by atoms with E-state index in [0.717, 1.165) is 44.5 Å². The average Bonchev–Trinajstić information content (AvgIpc) is 3.04. The van der Waals surface area contributed by atoms with Crippen molar-refractivity contribution in [2.24, 2.45) is 0 Å². The number of hydrogen-bond acceptors (Lipinski definition) is 3. The molecule has 1 saturated heterocycles. The molecule has 5 heteroatoms. The zero-order chi connectivity index (χ0) is 16.1. The molecule has 5 nitrogen and oxygen atoms in total. The zero-order valence-electron chi connectivity index (χ0n) is 13.6. The van der Waals surface area contributed by atoms with Crippen molar-refractivity contribution in [2.75, 3.05) is 26.2 Å². The molecular formula is C18H27N3O2. The van der Waals surface area contributed by atoms with Crippen LogP contribution in [0.5, 0.6) is 0 Å². The van der Waals surface area contributed by atoms with Gasteiger partial charge in [-0.05, 0) is 50.8 Å². The Hall–Kier alpha value is -1.59.